The van der Waals surface area contributed by atoms with Crippen LogP contribution in [0.25, 0.3) is 0 Å². The van der Waals surface area contributed by atoms with Gasteiger partial charge in [0.1, 0.15) is 16.5 Å². The maximum absolute atomic E-state index is 12.5. The molecule has 2 aromatic rings. The summed E-state index contributed by atoms with van der Waals surface area (Å²) in [6.07, 6.45) is 1.47. The normalized spacial score (nSPS) is 11.5. The second kappa shape index (κ2) is 6.69. The molecule has 2 rings (SSSR count). The summed E-state index contributed by atoms with van der Waals surface area (Å²) in [5.74, 6) is -0.0590. The summed E-state index contributed by atoms with van der Waals surface area (Å²) >= 11 is 15.1. The van der Waals surface area contributed by atoms with Crippen molar-refractivity contribution in [2.45, 2.75) is 24.8 Å². The fourth-order valence-electron chi connectivity index (χ4n) is 1.71. The molecule has 122 valence electrons. The number of anilines is 1. The van der Waals surface area contributed by atoms with Crippen molar-refractivity contribution in [1.29, 1.82) is 5.26 Å². The van der Waals surface area contributed by atoms with Gasteiger partial charge in [0.05, 0.1) is 10.0 Å². The van der Waals surface area contributed by atoms with Crippen molar-refractivity contribution in [3.05, 3.63) is 38.4 Å². The SMILES string of the molecule is CC(C)n1cc(C#N)c(NS(=O)(=O)c2ccc(Br)c(Cl)c2Cl)n1. The number of hydrogen-bond donors (Lipinski definition) is 1. The number of nitrogens with zero attached hydrogens (tertiary/aromatic N) is 3. The Balaban J connectivity index is 2.48. The molecule has 1 heterocycles. The zero-order valence-electron chi connectivity index (χ0n) is 12.0. The average molecular weight is 438 g/mol. The van der Waals surface area contributed by atoms with E-state index in [0.29, 0.717) is 4.47 Å². The minimum atomic E-state index is -4.04. The maximum atomic E-state index is 12.5. The molecular weight excluding hydrogens is 427 g/mol. The van der Waals surface area contributed by atoms with Gasteiger partial charge in [-0.1, -0.05) is 23.2 Å². The molecule has 0 atom stereocenters. The number of halogens is 3. The van der Waals surface area contributed by atoms with Crippen LogP contribution in [0.4, 0.5) is 5.82 Å². The summed E-state index contributed by atoms with van der Waals surface area (Å²) in [6, 6.07) is 4.67. The summed E-state index contributed by atoms with van der Waals surface area (Å²) < 4.78 is 29.3. The lowest BCUT2D eigenvalue weighted by Gasteiger charge is -2.10. The number of benzene rings is 1. The summed E-state index contributed by atoms with van der Waals surface area (Å²) in [5, 5.41) is 13.2. The molecule has 0 saturated heterocycles. The van der Waals surface area contributed by atoms with Crippen molar-refractivity contribution in [1.82, 2.24) is 9.78 Å². The predicted molar refractivity (Wildman–Crippen MR) is 92.3 cm³/mol. The molecule has 0 aliphatic carbocycles. The zero-order chi connectivity index (χ0) is 17.4. The quantitative estimate of drug-likeness (QED) is 0.725. The van der Waals surface area contributed by atoms with Crippen molar-refractivity contribution in [3.8, 4) is 6.07 Å². The minimum absolute atomic E-state index is 0.0222. The molecule has 0 radical (unpaired) electrons. The van der Waals surface area contributed by atoms with Gasteiger partial charge in [0.15, 0.2) is 5.82 Å². The Hall–Kier alpha value is -1.27. The van der Waals surface area contributed by atoms with Crippen LogP contribution in [0.15, 0.2) is 27.7 Å². The van der Waals surface area contributed by atoms with E-state index in [4.69, 9.17) is 28.5 Å². The second-order valence-electron chi connectivity index (χ2n) is 4.86. The Morgan fingerprint density at radius 3 is 2.57 bits per heavy atom. The Kier molecular flexibility index (Phi) is 5.26. The standard InChI is InChI=1S/C13H11BrCl2N4O2S/c1-7(2)20-6-8(5-17)13(18-20)19-23(21,22)10-4-3-9(14)11(15)12(10)16/h3-4,6-7H,1-2H3,(H,18,19). The third-order valence-corrected chi connectivity index (χ3v) is 6.17. The van der Waals surface area contributed by atoms with E-state index in [9.17, 15) is 8.42 Å². The minimum Gasteiger partial charge on any atom is -0.267 e. The molecule has 0 unspecified atom stereocenters. The van der Waals surface area contributed by atoms with Crippen LogP contribution in [-0.2, 0) is 10.0 Å². The van der Waals surface area contributed by atoms with Crippen LogP contribution in [-0.4, -0.2) is 18.2 Å². The first kappa shape index (κ1) is 18.1. The smallest absolute Gasteiger partial charge is 0.264 e. The average Bonchev–Trinajstić information content (AvgIpc) is 2.87. The molecule has 0 saturated carbocycles. The van der Waals surface area contributed by atoms with Crippen LogP contribution in [0.1, 0.15) is 25.5 Å². The Morgan fingerprint density at radius 1 is 1.35 bits per heavy atom. The van der Waals surface area contributed by atoms with E-state index in [-0.39, 0.29) is 32.4 Å². The number of rotatable bonds is 4. The molecule has 0 aliphatic rings. The van der Waals surface area contributed by atoms with Gasteiger partial charge in [-0.2, -0.15) is 10.4 Å². The first-order valence-corrected chi connectivity index (χ1v) is 9.36. The molecule has 0 aliphatic heterocycles. The summed E-state index contributed by atoms with van der Waals surface area (Å²) in [5.41, 5.74) is 0.113. The molecule has 10 heteroatoms. The highest BCUT2D eigenvalue weighted by molar-refractivity contribution is 9.10. The maximum Gasteiger partial charge on any atom is 0.264 e. The molecule has 1 N–H and O–H groups in total. The van der Waals surface area contributed by atoms with Gasteiger partial charge >= 0.3 is 0 Å². The highest BCUT2D eigenvalue weighted by Gasteiger charge is 2.24. The molecule has 0 bridgehead atoms. The Morgan fingerprint density at radius 2 is 2.00 bits per heavy atom. The molecule has 0 fully saturated rings. The lowest BCUT2D eigenvalue weighted by molar-refractivity contribution is 0.534. The van der Waals surface area contributed by atoms with Crippen molar-refractivity contribution in [2.75, 3.05) is 4.72 Å². The van der Waals surface area contributed by atoms with Crippen LogP contribution < -0.4 is 4.72 Å². The number of nitriles is 1. The van der Waals surface area contributed by atoms with E-state index in [1.165, 1.54) is 23.0 Å². The van der Waals surface area contributed by atoms with E-state index in [1.54, 1.807) is 0 Å². The van der Waals surface area contributed by atoms with Crippen LogP contribution in [0.3, 0.4) is 0 Å². The molecule has 0 amide bonds. The Bertz CT molecular complexity index is 903. The first-order valence-electron chi connectivity index (χ1n) is 6.33. The van der Waals surface area contributed by atoms with Crippen LogP contribution in [0.2, 0.25) is 10.0 Å². The summed E-state index contributed by atoms with van der Waals surface area (Å²) in [4.78, 5) is -0.199. The third kappa shape index (κ3) is 3.63. The monoisotopic (exact) mass is 436 g/mol. The van der Waals surface area contributed by atoms with Crippen molar-refractivity contribution in [3.63, 3.8) is 0 Å². The summed E-state index contributed by atoms with van der Waals surface area (Å²) in [7, 11) is -4.04. The lowest BCUT2D eigenvalue weighted by Crippen LogP contribution is -2.15. The van der Waals surface area contributed by atoms with Gasteiger partial charge in [0.2, 0.25) is 0 Å². The van der Waals surface area contributed by atoms with Crippen LogP contribution in [0.5, 0.6) is 0 Å². The van der Waals surface area contributed by atoms with E-state index in [1.807, 2.05) is 19.9 Å². The molecule has 23 heavy (non-hydrogen) atoms. The third-order valence-electron chi connectivity index (χ3n) is 2.90. The molecule has 0 spiro atoms. The fourth-order valence-corrected chi connectivity index (χ4v) is 3.95. The van der Waals surface area contributed by atoms with Gasteiger partial charge in [-0.15, -0.1) is 0 Å². The topological polar surface area (TPSA) is 87.8 Å². The van der Waals surface area contributed by atoms with Gasteiger partial charge in [-0.05, 0) is 41.9 Å². The van der Waals surface area contributed by atoms with Crippen molar-refractivity contribution < 1.29 is 8.42 Å². The number of hydrogen-bond acceptors (Lipinski definition) is 4. The van der Waals surface area contributed by atoms with Crippen LogP contribution in [0, 0.1) is 11.3 Å². The molecule has 1 aromatic carbocycles. The van der Waals surface area contributed by atoms with E-state index >= 15 is 0 Å². The van der Waals surface area contributed by atoms with Gasteiger partial charge in [-0.3, -0.25) is 9.40 Å². The number of aromatic nitrogens is 2. The first-order chi connectivity index (χ1) is 10.7. The number of sulfonamides is 1. The van der Waals surface area contributed by atoms with Crippen LogP contribution >= 0.6 is 39.1 Å². The van der Waals surface area contributed by atoms with Crippen molar-refractivity contribution >= 4 is 55.0 Å². The lowest BCUT2D eigenvalue weighted by atomic mass is 10.3. The van der Waals surface area contributed by atoms with Gasteiger partial charge in [0, 0.05) is 16.7 Å². The van der Waals surface area contributed by atoms with E-state index < -0.39 is 10.0 Å². The van der Waals surface area contributed by atoms with E-state index in [0.717, 1.165) is 0 Å². The largest absolute Gasteiger partial charge is 0.267 e. The highest BCUT2D eigenvalue weighted by atomic mass is 79.9. The highest BCUT2D eigenvalue weighted by Crippen LogP contribution is 2.35. The summed E-state index contributed by atoms with van der Waals surface area (Å²) in [6.45, 7) is 3.72. The predicted octanol–water partition coefficient (Wildman–Crippen LogP) is 4.21. The Labute approximate surface area is 152 Å². The number of nitrogens with one attached hydrogen (secondary N) is 1. The zero-order valence-corrected chi connectivity index (χ0v) is 15.9. The second-order valence-corrected chi connectivity index (χ2v) is 8.12. The van der Waals surface area contributed by atoms with E-state index in [2.05, 4.69) is 25.8 Å². The van der Waals surface area contributed by atoms with Gasteiger partial charge < -0.3 is 0 Å². The molecule has 6 nitrogen and oxygen atoms in total. The molecular formula is C13H11BrCl2N4O2S. The van der Waals surface area contributed by atoms with Gasteiger partial charge in [-0.25, -0.2) is 8.42 Å². The van der Waals surface area contributed by atoms with Crippen molar-refractivity contribution in [2.24, 2.45) is 0 Å². The molecule has 1 aromatic heterocycles. The fraction of sp³-hybridized carbons (Fsp3) is 0.231. The van der Waals surface area contributed by atoms with Gasteiger partial charge in [0.25, 0.3) is 10.0 Å².